The van der Waals surface area contributed by atoms with E-state index in [1.807, 2.05) is 6.07 Å². The minimum absolute atomic E-state index is 0.0918. The minimum atomic E-state index is -0.984. The maximum Gasteiger partial charge on any atom is 0.354 e. The van der Waals surface area contributed by atoms with Gasteiger partial charge >= 0.3 is 5.97 Å². The van der Waals surface area contributed by atoms with Crippen molar-refractivity contribution < 1.29 is 9.90 Å². The van der Waals surface area contributed by atoms with Gasteiger partial charge in [0.1, 0.15) is 5.69 Å². The summed E-state index contributed by atoms with van der Waals surface area (Å²) in [5, 5.41) is 12.2. The van der Waals surface area contributed by atoms with Crippen LogP contribution in [-0.2, 0) is 0 Å². The van der Waals surface area contributed by atoms with Crippen molar-refractivity contribution in [3.05, 3.63) is 24.0 Å². The Bertz CT molecular complexity index is 408. The number of carboxylic acids is 1. The van der Waals surface area contributed by atoms with E-state index in [0.717, 1.165) is 12.2 Å². The summed E-state index contributed by atoms with van der Waals surface area (Å²) < 4.78 is 0. The lowest BCUT2D eigenvalue weighted by Crippen LogP contribution is -2.35. The molecule has 17 heavy (non-hydrogen) atoms. The second kappa shape index (κ2) is 4.73. The smallest absolute Gasteiger partial charge is 0.354 e. The number of carboxylic acid groups (broad SMARTS) is 1. The average molecular weight is 234 g/mol. The van der Waals surface area contributed by atoms with Gasteiger partial charge in [-0.2, -0.15) is 0 Å². The van der Waals surface area contributed by atoms with Gasteiger partial charge in [0, 0.05) is 18.4 Å². The molecular weight excluding hydrogens is 216 g/mol. The molecule has 0 atom stereocenters. The molecule has 1 aromatic heterocycles. The number of carbonyl (C=O) groups is 1. The molecule has 0 radical (unpaired) electrons. The molecule has 4 nitrogen and oxygen atoms in total. The Balaban J connectivity index is 1.99. The first kappa shape index (κ1) is 11.9. The molecule has 0 saturated heterocycles. The summed E-state index contributed by atoms with van der Waals surface area (Å²) in [6, 6.07) is 3.40. The van der Waals surface area contributed by atoms with Crippen LogP contribution in [0.25, 0.3) is 0 Å². The van der Waals surface area contributed by atoms with Crippen LogP contribution in [0, 0.1) is 5.41 Å². The molecule has 2 rings (SSSR count). The van der Waals surface area contributed by atoms with Gasteiger partial charge < -0.3 is 10.4 Å². The molecule has 1 heterocycles. The lowest BCUT2D eigenvalue weighted by Gasteiger charge is -2.41. The quantitative estimate of drug-likeness (QED) is 0.822. The molecule has 1 fully saturated rings. The molecule has 0 unspecified atom stereocenters. The molecule has 0 amide bonds. The zero-order chi connectivity index (χ0) is 12.3. The standard InChI is InChI=1S/C13H18N2O2/c1-2-13(5-3-6-13)9-15-10-4-7-14-11(8-10)12(16)17/h4,7-8H,2-3,5-6,9H2,1H3,(H,14,15)(H,16,17). The highest BCUT2D eigenvalue weighted by molar-refractivity contribution is 5.86. The third-order valence-corrected chi connectivity index (χ3v) is 3.81. The SMILES string of the molecule is CCC1(CNc2ccnc(C(=O)O)c2)CCC1. The van der Waals surface area contributed by atoms with Crippen LogP contribution in [0.4, 0.5) is 5.69 Å². The van der Waals surface area contributed by atoms with Gasteiger partial charge in [0.2, 0.25) is 0 Å². The second-order valence-corrected chi connectivity index (χ2v) is 4.80. The number of anilines is 1. The van der Waals surface area contributed by atoms with E-state index in [0.29, 0.717) is 5.41 Å². The third-order valence-electron chi connectivity index (χ3n) is 3.81. The summed E-state index contributed by atoms with van der Waals surface area (Å²) >= 11 is 0. The van der Waals surface area contributed by atoms with E-state index in [-0.39, 0.29) is 5.69 Å². The highest BCUT2D eigenvalue weighted by Gasteiger charge is 2.34. The Morgan fingerprint density at radius 1 is 1.59 bits per heavy atom. The zero-order valence-electron chi connectivity index (χ0n) is 10.1. The van der Waals surface area contributed by atoms with Gasteiger partial charge in [0.05, 0.1) is 0 Å². The lowest BCUT2D eigenvalue weighted by atomic mass is 9.67. The lowest BCUT2D eigenvalue weighted by molar-refractivity contribution is 0.0690. The van der Waals surface area contributed by atoms with Crippen molar-refractivity contribution in [3.8, 4) is 0 Å². The number of aromatic nitrogens is 1. The van der Waals surface area contributed by atoms with Gasteiger partial charge in [-0.1, -0.05) is 13.3 Å². The second-order valence-electron chi connectivity index (χ2n) is 4.80. The van der Waals surface area contributed by atoms with Crippen molar-refractivity contribution in [1.29, 1.82) is 0 Å². The molecule has 92 valence electrons. The molecule has 1 aliphatic rings. The number of nitrogens with one attached hydrogen (secondary N) is 1. The normalized spacial score (nSPS) is 17.2. The van der Waals surface area contributed by atoms with Crippen LogP contribution in [0.2, 0.25) is 0 Å². The molecule has 1 aliphatic carbocycles. The first-order valence-corrected chi connectivity index (χ1v) is 6.08. The Morgan fingerprint density at radius 3 is 2.88 bits per heavy atom. The van der Waals surface area contributed by atoms with E-state index in [9.17, 15) is 4.79 Å². The first-order chi connectivity index (χ1) is 8.15. The van der Waals surface area contributed by atoms with Crippen LogP contribution in [0.3, 0.4) is 0 Å². The maximum atomic E-state index is 10.8. The van der Waals surface area contributed by atoms with Crippen molar-refractivity contribution in [1.82, 2.24) is 4.98 Å². The Morgan fingerprint density at radius 2 is 2.35 bits per heavy atom. The first-order valence-electron chi connectivity index (χ1n) is 6.08. The topological polar surface area (TPSA) is 62.2 Å². The minimum Gasteiger partial charge on any atom is -0.477 e. The van der Waals surface area contributed by atoms with E-state index in [4.69, 9.17) is 5.11 Å². The summed E-state index contributed by atoms with van der Waals surface area (Å²) in [6.07, 6.45) is 6.56. The van der Waals surface area contributed by atoms with E-state index < -0.39 is 5.97 Å². The van der Waals surface area contributed by atoms with Gasteiger partial charge in [-0.05, 0) is 36.8 Å². The summed E-state index contributed by atoms with van der Waals surface area (Å²) in [5.41, 5.74) is 1.36. The fourth-order valence-electron chi connectivity index (χ4n) is 2.28. The summed E-state index contributed by atoms with van der Waals surface area (Å²) in [7, 11) is 0. The Labute approximate surface area is 101 Å². The summed E-state index contributed by atoms with van der Waals surface area (Å²) in [6.45, 7) is 3.14. The predicted molar refractivity (Wildman–Crippen MR) is 66.3 cm³/mol. The van der Waals surface area contributed by atoms with Crippen molar-refractivity contribution >= 4 is 11.7 Å². The summed E-state index contributed by atoms with van der Waals surface area (Å²) in [4.78, 5) is 14.6. The average Bonchev–Trinajstić information content (AvgIpc) is 2.28. The molecular formula is C13H18N2O2. The van der Waals surface area contributed by atoms with Crippen LogP contribution in [-0.4, -0.2) is 22.6 Å². The Kier molecular flexibility index (Phi) is 3.31. The zero-order valence-corrected chi connectivity index (χ0v) is 10.1. The fraction of sp³-hybridized carbons (Fsp3) is 0.538. The number of hydrogen-bond donors (Lipinski definition) is 2. The van der Waals surface area contributed by atoms with Crippen LogP contribution in [0.5, 0.6) is 0 Å². The molecule has 1 saturated carbocycles. The number of nitrogens with zero attached hydrogens (tertiary/aromatic N) is 1. The van der Waals surface area contributed by atoms with E-state index in [2.05, 4.69) is 17.2 Å². The third kappa shape index (κ3) is 2.57. The molecule has 0 aromatic carbocycles. The molecule has 4 heteroatoms. The number of hydrogen-bond acceptors (Lipinski definition) is 3. The van der Waals surface area contributed by atoms with Crippen molar-refractivity contribution in [3.63, 3.8) is 0 Å². The molecule has 0 bridgehead atoms. The van der Waals surface area contributed by atoms with Crippen molar-refractivity contribution in [2.24, 2.45) is 5.41 Å². The number of rotatable bonds is 5. The van der Waals surface area contributed by atoms with Crippen LogP contribution >= 0.6 is 0 Å². The van der Waals surface area contributed by atoms with Crippen LogP contribution in [0.15, 0.2) is 18.3 Å². The Hall–Kier alpha value is -1.58. The summed E-state index contributed by atoms with van der Waals surface area (Å²) in [5.74, 6) is -0.984. The largest absolute Gasteiger partial charge is 0.477 e. The number of pyridine rings is 1. The monoisotopic (exact) mass is 234 g/mol. The molecule has 0 spiro atoms. The van der Waals surface area contributed by atoms with Gasteiger partial charge in [0.15, 0.2) is 0 Å². The van der Waals surface area contributed by atoms with Gasteiger partial charge in [-0.25, -0.2) is 9.78 Å². The van der Waals surface area contributed by atoms with Crippen molar-refractivity contribution in [2.45, 2.75) is 32.6 Å². The molecule has 2 N–H and O–H groups in total. The highest BCUT2D eigenvalue weighted by atomic mass is 16.4. The fourth-order valence-corrected chi connectivity index (χ4v) is 2.28. The van der Waals surface area contributed by atoms with E-state index in [1.165, 1.54) is 31.9 Å². The van der Waals surface area contributed by atoms with Crippen molar-refractivity contribution in [2.75, 3.05) is 11.9 Å². The molecule has 1 aromatic rings. The van der Waals surface area contributed by atoms with E-state index in [1.54, 1.807) is 6.07 Å². The van der Waals surface area contributed by atoms with Gasteiger partial charge in [-0.15, -0.1) is 0 Å². The maximum absolute atomic E-state index is 10.8. The van der Waals surface area contributed by atoms with Gasteiger partial charge in [-0.3, -0.25) is 0 Å². The van der Waals surface area contributed by atoms with E-state index >= 15 is 0 Å². The molecule has 0 aliphatic heterocycles. The van der Waals surface area contributed by atoms with Crippen LogP contribution < -0.4 is 5.32 Å². The van der Waals surface area contributed by atoms with Crippen LogP contribution in [0.1, 0.15) is 43.1 Å². The highest BCUT2D eigenvalue weighted by Crippen LogP contribution is 2.43. The number of aromatic carboxylic acids is 1. The van der Waals surface area contributed by atoms with Gasteiger partial charge in [0.25, 0.3) is 0 Å². The predicted octanol–water partition coefficient (Wildman–Crippen LogP) is 2.77.